The number of anilines is 1. The van der Waals surface area contributed by atoms with Gasteiger partial charge in [0, 0.05) is 43.0 Å². The fourth-order valence-electron chi connectivity index (χ4n) is 4.74. The Bertz CT molecular complexity index is 610. The van der Waals surface area contributed by atoms with Crippen molar-refractivity contribution < 1.29 is 4.74 Å². The molecule has 1 N–H and O–H groups in total. The van der Waals surface area contributed by atoms with E-state index in [-0.39, 0.29) is 11.2 Å². The van der Waals surface area contributed by atoms with Crippen LogP contribution in [0.5, 0.6) is 0 Å². The summed E-state index contributed by atoms with van der Waals surface area (Å²) >= 11 is 0. The van der Waals surface area contributed by atoms with Crippen molar-refractivity contribution in [3.63, 3.8) is 0 Å². The van der Waals surface area contributed by atoms with E-state index in [1.165, 1.54) is 18.5 Å². The first-order chi connectivity index (χ1) is 11.8. The molecule has 5 nitrogen and oxygen atoms in total. The van der Waals surface area contributed by atoms with Gasteiger partial charge in [-0.2, -0.15) is 0 Å². The van der Waals surface area contributed by atoms with Crippen molar-refractivity contribution in [2.24, 2.45) is 0 Å². The lowest BCUT2D eigenvalue weighted by molar-refractivity contribution is -0.164. The lowest BCUT2D eigenvalue weighted by Crippen LogP contribution is -2.54. The predicted octanol–water partition coefficient (Wildman–Crippen LogP) is 3.26. The molecule has 0 aromatic carbocycles. The summed E-state index contributed by atoms with van der Waals surface area (Å²) in [6.45, 7) is 10.9. The number of aromatic nitrogens is 2. The molecule has 0 spiro atoms. The number of nitrogens with one attached hydrogen (secondary N) is 1. The minimum Gasteiger partial charge on any atom is -0.370 e. The smallest absolute Gasteiger partial charge is 0.225 e. The first-order valence-electron chi connectivity index (χ1n) is 9.84. The highest BCUT2D eigenvalue weighted by Gasteiger charge is 2.40. The summed E-state index contributed by atoms with van der Waals surface area (Å²) in [5.74, 6) is 1.60. The quantitative estimate of drug-likeness (QED) is 0.908. The van der Waals surface area contributed by atoms with Crippen LogP contribution in [0.2, 0.25) is 0 Å². The van der Waals surface area contributed by atoms with Crippen molar-refractivity contribution in [2.75, 3.05) is 18.0 Å². The normalized spacial score (nSPS) is 29.1. The second kappa shape index (κ2) is 6.20. The summed E-state index contributed by atoms with van der Waals surface area (Å²) in [5.41, 5.74) is 1.12. The van der Waals surface area contributed by atoms with E-state index >= 15 is 0 Å². The standard InChI is InChI=1S/C20H32N4O/c1-19(2)11-16(12-20(3,4)25-19)22-15-8-10-24(13-15)18-21-9-7-17(23-18)14-5-6-14/h7,9,14-16,22H,5-6,8,10-13H2,1-4H3. The van der Waals surface area contributed by atoms with Gasteiger partial charge in [-0.3, -0.25) is 0 Å². The van der Waals surface area contributed by atoms with Gasteiger partial charge in [-0.25, -0.2) is 9.97 Å². The van der Waals surface area contributed by atoms with Crippen LogP contribution in [0.4, 0.5) is 5.95 Å². The van der Waals surface area contributed by atoms with Crippen LogP contribution in [0.3, 0.4) is 0 Å². The van der Waals surface area contributed by atoms with E-state index in [9.17, 15) is 0 Å². The molecule has 138 valence electrons. The van der Waals surface area contributed by atoms with Crippen LogP contribution in [-0.4, -0.2) is 46.3 Å². The molecule has 1 atom stereocenters. The molecular formula is C20H32N4O. The average molecular weight is 345 g/mol. The molecule has 4 rings (SSSR count). The lowest BCUT2D eigenvalue weighted by Gasteiger charge is -2.46. The summed E-state index contributed by atoms with van der Waals surface area (Å²) in [4.78, 5) is 11.7. The molecule has 3 aliphatic rings. The largest absolute Gasteiger partial charge is 0.370 e. The van der Waals surface area contributed by atoms with Gasteiger partial charge in [0.15, 0.2) is 0 Å². The maximum atomic E-state index is 6.22. The third-order valence-electron chi connectivity index (χ3n) is 5.63. The van der Waals surface area contributed by atoms with Crippen molar-refractivity contribution in [1.29, 1.82) is 0 Å². The van der Waals surface area contributed by atoms with Gasteiger partial charge in [0.05, 0.1) is 11.2 Å². The molecule has 1 aliphatic carbocycles. The molecule has 1 aromatic rings. The van der Waals surface area contributed by atoms with Crippen LogP contribution < -0.4 is 10.2 Å². The van der Waals surface area contributed by atoms with Gasteiger partial charge in [-0.15, -0.1) is 0 Å². The van der Waals surface area contributed by atoms with Crippen molar-refractivity contribution in [2.45, 2.75) is 89.0 Å². The van der Waals surface area contributed by atoms with Crippen LogP contribution in [0.25, 0.3) is 0 Å². The second-order valence-electron chi connectivity index (χ2n) is 9.38. The van der Waals surface area contributed by atoms with Crippen molar-refractivity contribution in [3.8, 4) is 0 Å². The van der Waals surface area contributed by atoms with Crippen molar-refractivity contribution in [3.05, 3.63) is 18.0 Å². The number of hydrogen-bond acceptors (Lipinski definition) is 5. The molecule has 25 heavy (non-hydrogen) atoms. The molecule has 3 heterocycles. The van der Waals surface area contributed by atoms with E-state index in [4.69, 9.17) is 9.72 Å². The highest BCUT2D eigenvalue weighted by molar-refractivity contribution is 5.34. The first kappa shape index (κ1) is 17.2. The van der Waals surface area contributed by atoms with Gasteiger partial charge in [-0.1, -0.05) is 0 Å². The third-order valence-corrected chi connectivity index (χ3v) is 5.63. The summed E-state index contributed by atoms with van der Waals surface area (Å²) < 4.78 is 6.22. The van der Waals surface area contributed by atoms with Crippen LogP contribution in [0, 0.1) is 0 Å². The summed E-state index contributed by atoms with van der Waals surface area (Å²) in [5, 5.41) is 3.90. The Morgan fingerprint density at radius 1 is 1.08 bits per heavy atom. The third kappa shape index (κ3) is 4.14. The fraction of sp³-hybridized carbons (Fsp3) is 0.800. The highest BCUT2D eigenvalue weighted by Crippen LogP contribution is 2.39. The topological polar surface area (TPSA) is 50.3 Å². The van der Waals surface area contributed by atoms with Gasteiger partial charge in [-0.05, 0) is 65.9 Å². The Labute approximate surface area is 151 Å². The molecule has 2 aliphatic heterocycles. The Morgan fingerprint density at radius 3 is 2.48 bits per heavy atom. The van der Waals surface area contributed by atoms with Crippen LogP contribution in [-0.2, 0) is 4.74 Å². The zero-order valence-electron chi connectivity index (χ0n) is 16.1. The zero-order chi connectivity index (χ0) is 17.7. The second-order valence-corrected chi connectivity index (χ2v) is 9.38. The molecule has 3 fully saturated rings. The summed E-state index contributed by atoms with van der Waals surface area (Å²) in [7, 11) is 0. The molecule has 1 saturated carbocycles. The Morgan fingerprint density at radius 2 is 1.80 bits per heavy atom. The number of ether oxygens (including phenoxy) is 1. The van der Waals surface area contributed by atoms with Gasteiger partial charge >= 0.3 is 0 Å². The molecular weight excluding hydrogens is 312 g/mol. The van der Waals surface area contributed by atoms with Crippen LogP contribution in [0.15, 0.2) is 12.3 Å². The number of nitrogens with zero attached hydrogens (tertiary/aromatic N) is 3. The number of rotatable bonds is 4. The summed E-state index contributed by atoms with van der Waals surface area (Å²) in [6.07, 6.45) is 7.81. The molecule has 0 amide bonds. The van der Waals surface area contributed by atoms with E-state index in [1.807, 2.05) is 6.20 Å². The highest BCUT2D eigenvalue weighted by atomic mass is 16.5. The van der Waals surface area contributed by atoms with Gasteiger partial charge in [0.25, 0.3) is 0 Å². The predicted molar refractivity (Wildman–Crippen MR) is 100 cm³/mol. The number of hydrogen-bond donors (Lipinski definition) is 1. The Balaban J connectivity index is 1.37. The monoisotopic (exact) mass is 344 g/mol. The zero-order valence-corrected chi connectivity index (χ0v) is 16.1. The van der Waals surface area contributed by atoms with Gasteiger partial charge < -0.3 is 15.0 Å². The molecule has 5 heteroatoms. The Hall–Kier alpha value is -1.20. The first-order valence-corrected chi connectivity index (χ1v) is 9.84. The Kier molecular flexibility index (Phi) is 4.27. The SMILES string of the molecule is CC1(C)CC(NC2CCN(c3nccc(C4CC4)n3)C2)CC(C)(C)O1. The average Bonchev–Trinajstić information content (AvgIpc) is 3.25. The maximum absolute atomic E-state index is 6.22. The van der Waals surface area contributed by atoms with Crippen molar-refractivity contribution in [1.82, 2.24) is 15.3 Å². The van der Waals surface area contributed by atoms with E-state index in [0.29, 0.717) is 18.0 Å². The lowest BCUT2D eigenvalue weighted by atomic mass is 9.85. The van der Waals surface area contributed by atoms with E-state index in [1.54, 1.807) is 0 Å². The summed E-state index contributed by atoms with van der Waals surface area (Å²) in [6, 6.07) is 3.12. The van der Waals surface area contributed by atoms with Crippen LogP contribution >= 0.6 is 0 Å². The maximum Gasteiger partial charge on any atom is 0.225 e. The molecule has 0 bridgehead atoms. The van der Waals surface area contributed by atoms with Crippen molar-refractivity contribution >= 4 is 5.95 Å². The van der Waals surface area contributed by atoms with Gasteiger partial charge in [0.2, 0.25) is 5.95 Å². The van der Waals surface area contributed by atoms with E-state index < -0.39 is 0 Å². The fourth-order valence-corrected chi connectivity index (χ4v) is 4.74. The minimum absolute atomic E-state index is 0.0561. The molecule has 1 aromatic heterocycles. The molecule has 0 radical (unpaired) electrons. The van der Waals surface area contributed by atoms with Crippen LogP contribution in [0.1, 0.15) is 71.4 Å². The van der Waals surface area contributed by atoms with E-state index in [2.05, 4.69) is 49.0 Å². The van der Waals surface area contributed by atoms with E-state index in [0.717, 1.165) is 38.3 Å². The minimum atomic E-state index is -0.0561. The molecule has 2 saturated heterocycles. The molecule has 1 unspecified atom stereocenters. The van der Waals surface area contributed by atoms with Gasteiger partial charge in [0.1, 0.15) is 0 Å².